The van der Waals surface area contributed by atoms with Crippen molar-refractivity contribution in [3.05, 3.63) is 0 Å². The van der Waals surface area contributed by atoms with Gasteiger partial charge in [-0.15, -0.1) is 12.4 Å². The van der Waals surface area contributed by atoms with Gasteiger partial charge in [-0.25, -0.2) is 0 Å². The second kappa shape index (κ2) is 5.45. The summed E-state index contributed by atoms with van der Waals surface area (Å²) in [6, 6.07) is 0.148. The molecule has 2 unspecified atom stereocenters. The Hall–Kier alpha value is -0.810. The van der Waals surface area contributed by atoms with Crippen LogP contribution in [0, 0.1) is 11.3 Å². The molecule has 2 aliphatic heterocycles. The van der Waals surface area contributed by atoms with Gasteiger partial charge in [0.05, 0.1) is 5.92 Å². The van der Waals surface area contributed by atoms with Gasteiger partial charge in [-0.3, -0.25) is 9.59 Å². The third-order valence-corrected chi connectivity index (χ3v) is 3.95. The Bertz CT molecular complexity index is 346. The number of likely N-dealkylation sites (tertiary alicyclic amines) is 1. The van der Waals surface area contributed by atoms with Crippen LogP contribution >= 0.6 is 12.4 Å². The van der Waals surface area contributed by atoms with E-state index in [1.165, 1.54) is 0 Å². The number of piperidine rings is 1. The second-order valence-corrected chi connectivity index (χ2v) is 5.85. The van der Waals surface area contributed by atoms with Crippen molar-refractivity contribution in [2.24, 2.45) is 17.1 Å². The minimum atomic E-state index is -0.173. The normalized spacial score (nSPS) is 30.6. The molecule has 2 fully saturated rings. The topological polar surface area (TPSA) is 75.4 Å². The van der Waals surface area contributed by atoms with Gasteiger partial charge in [0.1, 0.15) is 0 Å². The van der Waals surface area contributed by atoms with Gasteiger partial charge < -0.3 is 16.0 Å². The number of carbonyl (C=O) groups is 2. The van der Waals surface area contributed by atoms with Crippen LogP contribution in [0.5, 0.6) is 0 Å². The summed E-state index contributed by atoms with van der Waals surface area (Å²) in [5, 5.41) is 2.71. The van der Waals surface area contributed by atoms with E-state index in [-0.39, 0.29) is 41.6 Å². The molecule has 0 aromatic rings. The number of rotatable bonds is 1. The molecule has 0 saturated carbocycles. The number of nitrogens with two attached hydrogens (primary N) is 1. The van der Waals surface area contributed by atoms with Crippen LogP contribution in [0.15, 0.2) is 0 Å². The molecule has 0 aromatic heterocycles. The van der Waals surface area contributed by atoms with E-state index in [1.807, 2.05) is 4.90 Å². The lowest BCUT2D eigenvalue weighted by Gasteiger charge is -2.43. The van der Waals surface area contributed by atoms with Crippen molar-refractivity contribution in [2.45, 2.75) is 32.7 Å². The summed E-state index contributed by atoms with van der Waals surface area (Å²) in [7, 11) is 0. The molecule has 6 heteroatoms. The van der Waals surface area contributed by atoms with Crippen molar-refractivity contribution in [2.75, 3.05) is 19.6 Å². The lowest BCUT2D eigenvalue weighted by Crippen LogP contribution is -2.55. The first-order chi connectivity index (χ1) is 7.90. The molecule has 104 valence electrons. The molecule has 0 aliphatic carbocycles. The van der Waals surface area contributed by atoms with E-state index in [1.54, 1.807) is 0 Å². The summed E-state index contributed by atoms with van der Waals surface area (Å²) in [5.41, 5.74) is 6.01. The maximum atomic E-state index is 12.2. The third-order valence-electron chi connectivity index (χ3n) is 3.95. The predicted molar refractivity (Wildman–Crippen MR) is 71.3 cm³/mol. The zero-order chi connectivity index (χ0) is 12.6. The summed E-state index contributed by atoms with van der Waals surface area (Å²) in [5.74, 6) is -0.0905. The zero-order valence-electron chi connectivity index (χ0n) is 10.9. The first-order valence-corrected chi connectivity index (χ1v) is 6.21. The minimum absolute atomic E-state index is 0. The highest BCUT2D eigenvalue weighted by atomic mass is 35.5. The molecule has 0 spiro atoms. The van der Waals surface area contributed by atoms with E-state index < -0.39 is 0 Å². The lowest BCUT2D eigenvalue weighted by molar-refractivity contribution is -0.139. The van der Waals surface area contributed by atoms with Crippen LogP contribution in [0.25, 0.3) is 0 Å². The van der Waals surface area contributed by atoms with Gasteiger partial charge in [0.2, 0.25) is 11.8 Å². The quantitative estimate of drug-likeness (QED) is 0.714. The second-order valence-electron chi connectivity index (χ2n) is 5.85. The van der Waals surface area contributed by atoms with Gasteiger partial charge in [-0.2, -0.15) is 0 Å². The van der Waals surface area contributed by atoms with Crippen LogP contribution in [0.4, 0.5) is 0 Å². The highest BCUT2D eigenvalue weighted by molar-refractivity contribution is 5.89. The maximum absolute atomic E-state index is 12.2. The molecule has 2 heterocycles. The Kier molecular flexibility index (Phi) is 4.61. The fraction of sp³-hybridized carbons (Fsp3) is 0.833. The fourth-order valence-corrected chi connectivity index (χ4v) is 2.60. The molecule has 2 saturated heterocycles. The number of carbonyl (C=O) groups excluding carboxylic acids is 2. The zero-order valence-corrected chi connectivity index (χ0v) is 11.8. The van der Waals surface area contributed by atoms with E-state index in [2.05, 4.69) is 19.2 Å². The first-order valence-electron chi connectivity index (χ1n) is 6.21. The van der Waals surface area contributed by atoms with Gasteiger partial charge in [0, 0.05) is 32.1 Å². The fourth-order valence-electron chi connectivity index (χ4n) is 2.60. The van der Waals surface area contributed by atoms with Gasteiger partial charge in [0.15, 0.2) is 0 Å². The van der Waals surface area contributed by atoms with Crippen molar-refractivity contribution in [3.8, 4) is 0 Å². The number of nitrogens with zero attached hydrogens (tertiary/aromatic N) is 1. The summed E-state index contributed by atoms with van der Waals surface area (Å²) >= 11 is 0. The van der Waals surface area contributed by atoms with Gasteiger partial charge >= 0.3 is 0 Å². The number of hydrogen-bond donors (Lipinski definition) is 2. The Morgan fingerprint density at radius 2 is 2.17 bits per heavy atom. The smallest absolute Gasteiger partial charge is 0.228 e. The summed E-state index contributed by atoms with van der Waals surface area (Å²) in [4.78, 5) is 25.2. The van der Waals surface area contributed by atoms with Gasteiger partial charge in [0.25, 0.3) is 0 Å². The van der Waals surface area contributed by atoms with Crippen molar-refractivity contribution < 1.29 is 9.59 Å². The van der Waals surface area contributed by atoms with E-state index in [0.29, 0.717) is 26.1 Å². The number of nitrogens with one attached hydrogen (secondary N) is 1. The molecular formula is C12H22ClN3O2. The number of amides is 2. The predicted octanol–water partition coefficient (Wildman–Crippen LogP) is 0.130. The number of halogens is 1. The first kappa shape index (κ1) is 15.2. The lowest BCUT2D eigenvalue weighted by atomic mass is 9.79. The highest BCUT2D eigenvalue weighted by Crippen LogP contribution is 2.29. The average molecular weight is 276 g/mol. The van der Waals surface area contributed by atoms with Crippen LogP contribution in [0.3, 0.4) is 0 Å². The van der Waals surface area contributed by atoms with Crippen molar-refractivity contribution in [3.63, 3.8) is 0 Å². The average Bonchev–Trinajstić information content (AvgIpc) is 2.68. The van der Waals surface area contributed by atoms with Crippen molar-refractivity contribution in [1.82, 2.24) is 10.2 Å². The largest absolute Gasteiger partial charge is 0.355 e. The molecule has 5 nitrogen and oxygen atoms in total. The summed E-state index contributed by atoms with van der Waals surface area (Å²) in [6.45, 7) is 6.08. The van der Waals surface area contributed by atoms with Crippen molar-refractivity contribution in [1.29, 1.82) is 0 Å². The van der Waals surface area contributed by atoms with E-state index >= 15 is 0 Å². The molecule has 2 amide bonds. The Morgan fingerprint density at radius 1 is 1.50 bits per heavy atom. The van der Waals surface area contributed by atoms with Gasteiger partial charge in [-0.1, -0.05) is 13.8 Å². The SMILES string of the molecule is CC1(C)CN(C(=O)C2CNC(=O)C2)CCC1N.Cl. The van der Waals surface area contributed by atoms with Crippen LogP contribution < -0.4 is 11.1 Å². The molecule has 18 heavy (non-hydrogen) atoms. The molecular weight excluding hydrogens is 254 g/mol. The summed E-state index contributed by atoms with van der Waals surface area (Å²) in [6.07, 6.45) is 1.18. The minimum Gasteiger partial charge on any atom is -0.355 e. The standard InChI is InChI=1S/C12H21N3O2.ClH/c1-12(2)7-15(4-3-9(12)13)11(17)8-5-10(16)14-6-8;/h8-9H,3-7,13H2,1-2H3,(H,14,16);1H. The molecule has 3 N–H and O–H groups in total. The number of hydrogen-bond acceptors (Lipinski definition) is 3. The van der Waals surface area contributed by atoms with Crippen LogP contribution in [-0.4, -0.2) is 42.4 Å². The van der Waals surface area contributed by atoms with E-state index in [4.69, 9.17) is 5.73 Å². The van der Waals surface area contributed by atoms with E-state index in [0.717, 1.165) is 6.42 Å². The molecule has 0 bridgehead atoms. The van der Waals surface area contributed by atoms with E-state index in [9.17, 15) is 9.59 Å². The van der Waals surface area contributed by atoms with Crippen LogP contribution in [0.1, 0.15) is 26.7 Å². The van der Waals surface area contributed by atoms with Crippen LogP contribution in [-0.2, 0) is 9.59 Å². The molecule has 2 atom stereocenters. The van der Waals surface area contributed by atoms with Gasteiger partial charge in [-0.05, 0) is 11.8 Å². The highest BCUT2D eigenvalue weighted by Gasteiger charge is 2.38. The third kappa shape index (κ3) is 2.95. The monoisotopic (exact) mass is 275 g/mol. The Morgan fingerprint density at radius 3 is 2.67 bits per heavy atom. The molecule has 0 radical (unpaired) electrons. The van der Waals surface area contributed by atoms with Crippen molar-refractivity contribution >= 4 is 24.2 Å². The molecule has 0 aromatic carbocycles. The summed E-state index contributed by atoms with van der Waals surface area (Å²) < 4.78 is 0. The molecule has 2 rings (SSSR count). The Balaban J connectivity index is 0.00000162. The molecule has 2 aliphatic rings. The Labute approximate surface area is 114 Å². The maximum Gasteiger partial charge on any atom is 0.228 e. The van der Waals surface area contributed by atoms with Crippen LogP contribution in [0.2, 0.25) is 0 Å².